The Morgan fingerprint density at radius 2 is 0.587 bits per heavy atom. The highest BCUT2D eigenvalue weighted by Crippen LogP contribution is 2.49. The number of hydrogen-bond acceptors (Lipinski definition) is 0. The Morgan fingerprint density at radius 3 is 1.17 bits per heavy atom. The van der Waals surface area contributed by atoms with E-state index in [1.165, 1.54) is 122 Å². The van der Waals surface area contributed by atoms with Gasteiger partial charge in [-0.25, -0.2) is 0 Å². The third kappa shape index (κ3) is 11.4. The van der Waals surface area contributed by atoms with E-state index in [2.05, 4.69) is 321 Å². The number of fused-ring (bicyclic) bond motifs is 5. The molecule has 0 radical (unpaired) electrons. The molecular weight excluding hydrogens is 901 g/mol. The van der Waals surface area contributed by atoms with Gasteiger partial charge in [-0.2, -0.15) is 0 Å². The summed E-state index contributed by atoms with van der Waals surface area (Å²) in [5.41, 5.74) is 23.8. The summed E-state index contributed by atoms with van der Waals surface area (Å²) in [5, 5.41) is 5.21. The molecule has 13 rings (SSSR count). The van der Waals surface area contributed by atoms with E-state index in [9.17, 15) is 0 Å². The Bertz CT molecular complexity index is 3830. The molecule has 1 aliphatic rings. The lowest BCUT2D eigenvalue weighted by Crippen LogP contribution is -2.14. The van der Waals surface area contributed by atoms with Gasteiger partial charge in [0.1, 0.15) is 0 Å². The molecule has 364 valence electrons. The molecule has 1 aliphatic carbocycles. The molecular formula is C75H64. The summed E-state index contributed by atoms with van der Waals surface area (Å²) >= 11 is 0. The number of aryl methyl sites for hydroxylation is 4. The normalized spacial score (nSPS) is 11.7. The SMILES string of the molecule is Cc1ccc(-c2ccc3c(c2)C(C)(C)c2ccccc2-3)cc1.Cc1ccc(-c2ccc3ccccc3c2)cc1.Cc1ccc(-c2cccc3ccccc23)cc1.Cc1ccc(-c2ccccc2-c2ccccc2)cc1. The van der Waals surface area contributed by atoms with Gasteiger partial charge in [-0.05, 0) is 139 Å². The summed E-state index contributed by atoms with van der Waals surface area (Å²) in [6.45, 7) is 13.1. The van der Waals surface area contributed by atoms with Gasteiger partial charge in [-0.3, -0.25) is 0 Å². The van der Waals surface area contributed by atoms with Gasteiger partial charge < -0.3 is 0 Å². The average molecular weight is 965 g/mol. The molecule has 0 N–H and O–H groups in total. The number of benzene rings is 12. The van der Waals surface area contributed by atoms with E-state index in [0.717, 1.165) is 0 Å². The fourth-order valence-corrected chi connectivity index (χ4v) is 10.3. The smallest absolute Gasteiger partial charge is 0.0159 e. The quantitative estimate of drug-likeness (QED) is 0.161. The maximum Gasteiger partial charge on any atom is 0.0159 e. The Kier molecular flexibility index (Phi) is 14.9. The zero-order chi connectivity index (χ0) is 51.7. The van der Waals surface area contributed by atoms with Gasteiger partial charge in [0.2, 0.25) is 0 Å². The van der Waals surface area contributed by atoms with Crippen molar-refractivity contribution in [3.8, 4) is 66.8 Å². The average Bonchev–Trinajstić information content (AvgIpc) is 3.72. The van der Waals surface area contributed by atoms with Crippen LogP contribution < -0.4 is 0 Å². The van der Waals surface area contributed by atoms with Crippen LogP contribution in [0.1, 0.15) is 47.2 Å². The van der Waals surface area contributed by atoms with Gasteiger partial charge in [0.25, 0.3) is 0 Å². The van der Waals surface area contributed by atoms with Crippen LogP contribution in [-0.2, 0) is 5.41 Å². The summed E-state index contributed by atoms with van der Waals surface area (Å²) in [6, 6.07) is 99.8. The fraction of sp³-hybridized carbons (Fsp3) is 0.0933. The van der Waals surface area contributed by atoms with Crippen molar-refractivity contribution >= 4 is 21.5 Å². The fourth-order valence-electron chi connectivity index (χ4n) is 10.3. The molecule has 0 aromatic heterocycles. The van der Waals surface area contributed by atoms with Gasteiger partial charge in [0, 0.05) is 5.41 Å². The third-order valence-corrected chi connectivity index (χ3v) is 14.6. The zero-order valence-electron chi connectivity index (χ0n) is 44.1. The molecule has 0 saturated carbocycles. The maximum atomic E-state index is 2.38. The van der Waals surface area contributed by atoms with E-state index in [1.54, 1.807) is 0 Å². The highest BCUT2D eigenvalue weighted by molar-refractivity contribution is 5.96. The summed E-state index contributed by atoms with van der Waals surface area (Å²) in [6.07, 6.45) is 0. The second-order valence-corrected chi connectivity index (χ2v) is 20.4. The molecule has 0 heteroatoms. The van der Waals surface area contributed by atoms with Crippen molar-refractivity contribution in [1.29, 1.82) is 0 Å². The first-order valence-corrected chi connectivity index (χ1v) is 26.2. The van der Waals surface area contributed by atoms with Crippen LogP contribution in [0, 0.1) is 27.7 Å². The molecule has 0 nitrogen and oxygen atoms in total. The molecule has 0 fully saturated rings. The van der Waals surface area contributed by atoms with E-state index in [-0.39, 0.29) is 5.41 Å². The minimum Gasteiger partial charge on any atom is -0.0622 e. The van der Waals surface area contributed by atoms with Crippen molar-refractivity contribution in [3.05, 3.63) is 312 Å². The molecule has 12 aromatic carbocycles. The molecule has 0 spiro atoms. The standard InChI is InChI=1S/C22H20.C19H16.2C17H14/c1-15-8-10-16(11-9-15)17-12-13-19-18-6-4-5-7-20(18)22(2,3)21(19)14-17;1-15-11-13-17(14-12-15)19-10-6-5-9-18(19)16-7-3-2-4-8-16;1-13-9-11-15(12-10-13)17-8-4-6-14-5-2-3-7-16(14)17;1-13-6-8-15(9-7-13)17-11-10-14-4-2-3-5-16(14)12-17/h4-14H,1-3H3;2-14H,1H3;2*2-12H,1H3. The molecule has 0 bridgehead atoms. The van der Waals surface area contributed by atoms with Gasteiger partial charge >= 0.3 is 0 Å². The number of rotatable bonds is 5. The molecule has 0 saturated heterocycles. The maximum absolute atomic E-state index is 2.38. The van der Waals surface area contributed by atoms with Gasteiger partial charge in [-0.15, -0.1) is 0 Å². The highest BCUT2D eigenvalue weighted by atomic mass is 14.4. The Labute approximate surface area is 445 Å². The molecule has 75 heavy (non-hydrogen) atoms. The topological polar surface area (TPSA) is 0 Å². The van der Waals surface area contributed by atoms with Crippen LogP contribution in [0.3, 0.4) is 0 Å². The van der Waals surface area contributed by atoms with Gasteiger partial charge in [0.05, 0.1) is 0 Å². The van der Waals surface area contributed by atoms with Crippen molar-refractivity contribution in [2.24, 2.45) is 0 Å². The second kappa shape index (κ2) is 22.5. The number of hydrogen-bond donors (Lipinski definition) is 0. The first-order valence-electron chi connectivity index (χ1n) is 26.2. The van der Waals surface area contributed by atoms with Crippen molar-refractivity contribution in [3.63, 3.8) is 0 Å². The summed E-state index contributed by atoms with van der Waals surface area (Å²) in [5.74, 6) is 0. The van der Waals surface area contributed by atoms with Crippen molar-refractivity contribution in [2.75, 3.05) is 0 Å². The van der Waals surface area contributed by atoms with Crippen LogP contribution in [0.15, 0.2) is 279 Å². The van der Waals surface area contributed by atoms with Crippen molar-refractivity contribution < 1.29 is 0 Å². The van der Waals surface area contributed by atoms with Gasteiger partial charge in [-0.1, -0.05) is 303 Å². The molecule has 0 atom stereocenters. The largest absolute Gasteiger partial charge is 0.0622 e. The first kappa shape index (κ1) is 49.7. The minimum absolute atomic E-state index is 0.0760. The molecule has 0 unspecified atom stereocenters. The van der Waals surface area contributed by atoms with E-state index in [4.69, 9.17) is 0 Å². The zero-order valence-corrected chi connectivity index (χ0v) is 44.1. The summed E-state index contributed by atoms with van der Waals surface area (Å²) < 4.78 is 0. The predicted octanol–water partition coefficient (Wildman–Crippen LogP) is 20.9. The summed E-state index contributed by atoms with van der Waals surface area (Å²) in [7, 11) is 0. The molecule has 0 heterocycles. The lowest BCUT2D eigenvalue weighted by atomic mass is 9.81. The minimum atomic E-state index is 0.0760. The monoisotopic (exact) mass is 965 g/mol. The Morgan fingerprint density at radius 1 is 0.213 bits per heavy atom. The lowest BCUT2D eigenvalue weighted by Gasteiger charge is -2.22. The van der Waals surface area contributed by atoms with Crippen LogP contribution in [-0.4, -0.2) is 0 Å². The second-order valence-electron chi connectivity index (χ2n) is 20.4. The van der Waals surface area contributed by atoms with Gasteiger partial charge in [0.15, 0.2) is 0 Å². The van der Waals surface area contributed by atoms with Crippen molar-refractivity contribution in [1.82, 2.24) is 0 Å². The Hall–Kier alpha value is -8.84. The first-order chi connectivity index (χ1) is 36.6. The third-order valence-electron chi connectivity index (χ3n) is 14.6. The molecule has 12 aromatic rings. The summed E-state index contributed by atoms with van der Waals surface area (Å²) in [4.78, 5) is 0. The van der Waals surface area contributed by atoms with Crippen LogP contribution in [0.4, 0.5) is 0 Å². The van der Waals surface area contributed by atoms with Crippen LogP contribution >= 0.6 is 0 Å². The molecule has 0 aliphatic heterocycles. The lowest BCUT2D eigenvalue weighted by molar-refractivity contribution is 0.660. The van der Waals surface area contributed by atoms with E-state index < -0.39 is 0 Å². The predicted molar refractivity (Wildman–Crippen MR) is 324 cm³/mol. The molecule has 0 amide bonds. The van der Waals surface area contributed by atoms with Crippen LogP contribution in [0.25, 0.3) is 88.3 Å². The van der Waals surface area contributed by atoms with Crippen LogP contribution in [0.2, 0.25) is 0 Å². The Balaban J connectivity index is 0.000000115. The van der Waals surface area contributed by atoms with E-state index >= 15 is 0 Å². The van der Waals surface area contributed by atoms with E-state index in [1.807, 2.05) is 0 Å². The van der Waals surface area contributed by atoms with Crippen LogP contribution in [0.5, 0.6) is 0 Å². The van der Waals surface area contributed by atoms with Crippen molar-refractivity contribution in [2.45, 2.75) is 47.0 Å². The highest BCUT2D eigenvalue weighted by Gasteiger charge is 2.35. The van der Waals surface area contributed by atoms with E-state index in [0.29, 0.717) is 0 Å².